The second-order valence-electron chi connectivity index (χ2n) is 7.19. The summed E-state index contributed by atoms with van der Waals surface area (Å²) in [6, 6.07) is 6.03. The van der Waals surface area contributed by atoms with Gasteiger partial charge in [-0.3, -0.25) is 10.0 Å². The Balaban J connectivity index is 2.27. The Kier molecular flexibility index (Phi) is 8.27. The van der Waals surface area contributed by atoms with Gasteiger partial charge in [0.2, 0.25) is 0 Å². The van der Waals surface area contributed by atoms with Crippen LogP contribution in [0.3, 0.4) is 0 Å². The van der Waals surface area contributed by atoms with Gasteiger partial charge in [-0.05, 0) is 55.4 Å². The van der Waals surface area contributed by atoms with Crippen LogP contribution in [-0.2, 0) is 17.8 Å². The largest absolute Gasteiger partial charge is 0.328 e. The number of amides is 1. The van der Waals surface area contributed by atoms with E-state index in [-0.39, 0.29) is 0 Å². The van der Waals surface area contributed by atoms with Gasteiger partial charge in [0.05, 0.1) is 11.0 Å². The molecule has 2 aromatic rings. The highest BCUT2D eigenvalue weighted by atomic mass is 16.5. The lowest BCUT2D eigenvalue weighted by atomic mass is 10.1. The highest BCUT2D eigenvalue weighted by Crippen LogP contribution is 2.21. The minimum absolute atomic E-state index is 0.544. The van der Waals surface area contributed by atoms with Crippen molar-refractivity contribution in [1.29, 1.82) is 0 Å². The molecule has 27 heavy (non-hydrogen) atoms. The lowest BCUT2D eigenvalue weighted by Gasteiger charge is -2.10. The van der Waals surface area contributed by atoms with Crippen molar-refractivity contribution in [2.45, 2.75) is 59.4 Å². The third-order valence-electron chi connectivity index (χ3n) is 4.49. The molecule has 0 saturated carbocycles. The Morgan fingerprint density at radius 1 is 1.33 bits per heavy atom. The van der Waals surface area contributed by atoms with Gasteiger partial charge < -0.3 is 4.57 Å². The van der Waals surface area contributed by atoms with Gasteiger partial charge in [-0.15, -0.1) is 0 Å². The van der Waals surface area contributed by atoms with E-state index in [0.717, 1.165) is 54.6 Å². The summed E-state index contributed by atoms with van der Waals surface area (Å²) in [7, 11) is 0. The van der Waals surface area contributed by atoms with Crippen molar-refractivity contribution in [3.05, 3.63) is 47.8 Å². The summed E-state index contributed by atoms with van der Waals surface area (Å²) < 4.78 is 2.34. The predicted molar refractivity (Wildman–Crippen MR) is 111 cm³/mol. The van der Waals surface area contributed by atoms with E-state index in [1.54, 1.807) is 11.6 Å². The molecule has 5 nitrogen and oxygen atoms in total. The molecule has 2 N–H and O–H groups in total. The van der Waals surface area contributed by atoms with Crippen LogP contribution in [-0.4, -0.2) is 20.7 Å². The van der Waals surface area contributed by atoms with Crippen LogP contribution in [0.4, 0.5) is 0 Å². The van der Waals surface area contributed by atoms with Crippen LogP contribution in [0.25, 0.3) is 17.1 Å². The molecule has 1 aromatic heterocycles. The van der Waals surface area contributed by atoms with Crippen molar-refractivity contribution in [3.63, 3.8) is 0 Å². The van der Waals surface area contributed by atoms with E-state index in [9.17, 15) is 4.79 Å². The van der Waals surface area contributed by atoms with Gasteiger partial charge in [0.1, 0.15) is 5.82 Å². The van der Waals surface area contributed by atoms with E-state index in [1.807, 2.05) is 12.1 Å². The summed E-state index contributed by atoms with van der Waals surface area (Å²) in [4.78, 5) is 16.0. The Bertz CT molecular complexity index is 803. The highest BCUT2D eigenvalue weighted by molar-refractivity contribution is 5.91. The Morgan fingerprint density at radius 2 is 2.15 bits per heavy atom. The monoisotopic (exact) mass is 369 g/mol. The zero-order valence-electron chi connectivity index (χ0n) is 16.6. The number of imidazole rings is 1. The fourth-order valence-corrected chi connectivity index (χ4v) is 3.10. The maximum atomic E-state index is 11.2. The molecule has 0 aliphatic carbocycles. The molecule has 146 valence electrons. The lowest BCUT2D eigenvalue weighted by Crippen LogP contribution is -2.14. The van der Waals surface area contributed by atoms with Crippen LogP contribution < -0.4 is 5.48 Å². The molecule has 0 spiro atoms. The number of rotatable bonds is 10. The fraction of sp³-hybridized carbons (Fsp3) is 0.455. The van der Waals surface area contributed by atoms with Crippen LogP contribution in [0.15, 0.2) is 36.4 Å². The molecule has 0 radical (unpaired) electrons. The van der Waals surface area contributed by atoms with Crippen molar-refractivity contribution in [1.82, 2.24) is 15.0 Å². The number of hydrogen-bond acceptors (Lipinski definition) is 3. The van der Waals surface area contributed by atoms with Gasteiger partial charge in [-0.25, -0.2) is 10.5 Å². The Labute approximate surface area is 161 Å². The quantitative estimate of drug-likeness (QED) is 0.271. The van der Waals surface area contributed by atoms with Crippen molar-refractivity contribution in [2.75, 3.05) is 0 Å². The molecule has 5 heteroatoms. The molecule has 1 amide bonds. The van der Waals surface area contributed by atoms with E-state index in [1.165, 1.54) is 12.5 Å². The van der Waals surface area contributed by atoms with Gasteiger partial charge >= 0.3 is 0 Å². The second kappa shape index (κ2) is 10.7. The van der Waals surface area contributed by atoms with Crippen molar-refractivity contribution in [2.24, 2.45) is 5.92 Å². The van der Waals surface area contributed by atoms with Crippen LogP contribution >= 0.6 is 0 Å². The summed E-state index contributed by atoms with van der Waals surface area (Å²) in [5, 5.41) is 8.59. The number of hydroxylamine groups is 1. The topological polar surface area (TPSA) is 67.2 Å². The van der Waals surface area contributed by atoms with Gasteiger partial charge in [0.15, 0.2) is 0 Å². The average Bonchev–Trinajstić information content (AvgIpc) is 2.99. The zero-order chi connectivity index (χ0) is 19.6. The molecule has 2 rings (SSSR count). The Hall–Kier alpha value is -2.40. The van der Waals surface area contributed by atoms with Crippen molar-refractivity contribution in [3.8, 4) is 0 Å². The number of benzene rings is 1. The number of aryl methyl sites for hydroxylation is 2. The normalized spacial score (nSPS) is 12.0. The first-order chi connectivity index (χ1) is 13.0. The highest BCUT2D eigenvalue weighted by Gasteiger charge is 2.11. The predicted octanol–water partition coefficient (Wildman–Crippen LogP) is 4.89. The molecule has 0 aliphatic rings. The third-order valence-corrected chi connectivity index (χ3v) is 4.49. The molecule has 0 fully saturated rings. The molecule has 0 saturated heterocycles. The summed E-state index contributed by atoms with van der Waals surface area (Å²) in [6.07, 6.45) is 12.7. The summed E-state index contributed by atoms with van der Waals surface area (Å²) in [5.74, 6) is 1.27. The number of carbonyl (C=O) groups excluding carboxylic acids is 1. The smallest absolute Gasteiger partial charge is 0.267 e. The maximum Gasteiger partial charge on any atom is 0.267 e. The van der Waals surface area contributed by atoms with E-state index < -0.39 is 5.91 Å². The average molecular weight is 370 g/mol. The molecular weight excluding hydrogens is 338 g/mol. The molecular formula is C22H31N3O2. The summed E-state index contributed by atoms with van der Waals surface area (Å²) in [6.45, 7) is 7.63. The number of hydrogen-bond donors (Lipinski definition) is 2. The van der Waals surface area contributed by atoms with Crippen LogP contribution in [0.1, 0.15) is 57.8 Å². The maximum absolute atomic E-state index is 11.2. The molecule has 1 heterocycles. The number of nitrogens with zero attached hydrogens (tertiary/aromatic N) is 2. The number of fused-ring (bicyclic) bond motifs is 1. The molecule has 0 bridgehead atoms. The van der Waals surface area contributed by atoms with E-state index in [2.05, 4.69) is 43.6 Å². The van der Waals surface area contributed by atoms with Crippen LogP contribution in [0.5, 0.6) is 0 Å². The molecule has 0 atom stereocenters. The zero-order valence-corrected chi connectivity index (χ0v) is 16.6. The van der Waals surface area contributed by atoms with Crippen molar-refractivity contribution >= 4 is 23.0 Å². The number of aromatic nitrogens is 2. The first kappa shape index (κ1) is 20.9. The fourth-order valence-electron chi connectivity index (χ4n) is 3.10. The Morgan fingerprint density at radius 3 is 2.85 bits per heavy atom. The summed E-state index contributed by atoms with van der Waals surface area (Å²) in [5.41, 5.74) is 4.57. The number of nitrogens with one attached hydrogen (secondary N) is 1. The van der Waals surface area contributed by atoms with Gasteiger partial charge in [0.25, 0.3) is 5.91 Å². The standard InChI is InChI=1S/C22H31N3O2/c1-4-5-6-7-10-21-23-19-16-18(12-14-22(26)24-27)11-13-20(19)25(21)15-8-9-17(2)3/h5-6,11-14,16-17,27H,4,7-10,15H2,1-3H3,(H,24,26)/b6-5-,14-12+. The second-order valence-corrected chi connectivity index (χ2v) is 7.19. The van der Waals surface area contributed by atoms with Crippen LogP contribution in [0.2, 0.25) is 0 Å². The molecule has 0 aliphatic heterocycles. The van der Waals surface area contributed by atoms with Crippen molar-refractivity contribution < 1.29 is 10.0 Å². The van der Waals surface area contributed by atoms with E-state index in [0.29, 0.717) is 5.92 Å². The van der Waals surface area contributed by atoms with E-state index in [4.69, 9.17) is 10.2 Å². The lowest BCUT2D eigenvalue weighted by molar-refractivity contribution is -0.124. The van der Waals surface area contributed by atoms with Gasteiger partial charge in [0, 0.05) is 19.0 Å². The first-order valence-corrected chi connectivity index (χ1v) is 9.81. The third kappa shape index (κ3) is 6.36. The minimum atomic E-state index is -0.544. The van der Waals surface area contributed by atoms with Gasteiger partial charge in [-0.2, -0.15) is 0 Å². The van der Waals surface area contributed by atoms with Crippen LogP contribution in [0, 0.1) is 5.92 Å². The SMILES string of the molecule is CC/C=C\CCc1nc2cc(/C=C/C(=O)NO)ccc2n1CCCC(C)C. The molecule has 0 unspecified atom stereocenters. The minimum Gasteiger partial charge on any atom is -0.328 e. The van der Waals surface area contributed by atoms with Gasteiger partial charge in [-0.1, -0.05) is 39.0 Å². The summed E-state index contributed by atoms with van der Waals surface area (Å²) >= 11 is 0. The van der Waals surface area contributed by atoms with E-state index >= 15 is 0 Å². The first-order valence-electron chi connectivity index (χ1n) is 9.81. The number of carbonyl (C=O) groups is 1. The molecule has 1 aromatic carbocycles. The number of allylic oxidation sites excluding steroid dienone is 2.